The van der Waals surface area contributed by atoms with Crippen molar-refractivity contribution in [3.8, 4) is 5.75 Å². The van der Waals surface area contributed by atoms with Crippen molar-refractivity contribution in [1.82, 2.24) is 14.9 Å². The molecule has 1 aliphatic carbocycles. The molecule has 2 atom stereocenters. The molecule has 1 N–H and O–H groups in total. The van der Waals surface area contributed by atoms with Crippen LogP contribution in [0.5, 0.6) is 5.75 Å². The molecule has 148 valence electrons. The third-order valence-corrected chi connectivity index (χ3v) is 6.84. The van der Waals surface area contributed by atoms with Crippen LogP contribution in [0.2, 0.25) is 0 Å². The molecule has 0 bridgehead atoms. The Balaban J connectivity index is 1.49. The number of nitrogens with zero attached hydrogens (tertiary/aromatic N) is 2. The molecule has 0 radical (unpaired) electrons. The summed E-state index contributed by atoms with van der Waals surface area (Å²) in [6, 6.07) is 9.82. The summed E-state index contributed by atoms with van der Waals surface area (Å²) in [7, 11) is 2.03. The number of aromatic nitrogens is 2. The van der Waals surface area contributed by atoms with E-state index in [2.05, 4.69) is 23.7 Å². The summed E-state index contributed by atoms with van der Waals surface area (Å²) in [5.41, 5.74) is 1.24. The highest BCUT2D eigenvalue weighted by Crippen LogP contribution is 2.36. The van der Waals surface area contributed by atoms with Gasteiger partial charge in [0.2, 0.25) is 0 Å². The van der Waals surface area contributed by atoms with E-state index in [4.69, 9.17) is 9.72 Å². The Hall–Kier alpha value is -2.18. The van der Waals surface area contributed by atoms with Crippen molar-refractivity contribution >= 4 is 21.6 Å². The van der Waals surface area contributed by atoms with Crippen LogP contribution in [0.1, 0.15) is 42.6 Å². The molecule has 0 saturated carbocycles. The summed E-state index contributed by atoms with van der Waals surface area (Å²) in [5.74, 6) is 2.29. The molecule has 4 rings (SSSR count). The molecule has 1 aliphatic rings. The van der Waals surface area contributed by atoms with E-state index in [-0.39, 0.29) is 11.6 Å². The number of H-pyrrole nitrogens is 1. The average molecular weight is 398 g/mol. The van der Waals surface area contributed by atoms with Gasteiger partial charge < -0.3 is 9.72 Å². The van der Waals surface area contributed by atoms with E-state index in [0.717, 1.165) is 47.6 Å². The summed E-state index contributed by atoms with van der Waals surface area (Å²) >= 11 is 1.70. The van der Waals surface area contributed by atoms with Crippen molar-refractivity contribution in [2.24, 2.45) is 5.92 Å². The number of benzene rings is 1. The van der Waals surface area contributed by atoms with E-state index in [1.165, 1.54) is 10.4 Å². The maximum absolute atomic E-state index is 12.8. The third kappa shape index (κ3) is 3.84. The SMILES string of the molecule is C[C@@H]1CCc2c(sc3nc([C@H](C)N(C)CCOc4ccccc4)[nH]c(=O)c23)C1. The van der Waals surface area contributed by atoms with Crippen LogP contribution >= 0.6 is 11.3 Å². The Kier molecular flexibility index (Phi) is 5.51. The molecule has 0 spiro atoms. The van der Waals surface area contributed by atoms with Gasteiger partial charge in [0.1, 0.15) is 23.0 Å². The number of aromatic amines is 1. The number of para-hydroxylation sites is 1. The molecule has 2 heterocycles. The van der Waals surface area contributed by atoms with E-state index in [9.17, 15) is 4.79 Å². The van der Waals surface area contributed by atoms with Gasteiger partial charge in [-0.05, 0) is 56.8 Å². The van der Waals surface area contributed by atoms with Gasteiger partial charge in [0.25, 0.3) is 5.56 Å². The normalized spacial score (nSPS) is 17.6. The smallest absolute Gasteiger partial charge is 0.259 e. The predicted octanol–water partition coefficient (Wildman–Crippen LogP) is 4.18. The second-order valence-corrected chi connectivity index (χ2v) is 8.88. The summed E-state index contributed by atoms with van der Waals surface area (Å²) in [6.45, 7) is 5.69. The second-order valence-electron chi connectivity index (χ2n) is 7.80. The Labute approximate surface area is 169 Å². The molecule has 0 aliphatic heterocycles. The Morgan fingerprint density at radius 3 is 2.93 bits per heavy atom. The third-order valence-electron chi connectivity index (χ3n) is 5.70. The van der Waals surface area contributed by atoms with Gasteiger partial charge in [-0.25, -0.2) is 4.98 Å². The monoisotopic (exact) mass is 397 g/mol. The van der Waals surface area contributed by atoms with Crippen molar-refractivity contribution in [2.75, 3.05) is 20.2 Å². The van der Waals surface area contributed by atoms with Crippen molar-refractivity contribution in [3.05, 3.63) is 57.0 Å². The minimum absolute atomic E-state index is 0.00726. The van der Waals surface area contributed by atoms with Crippen molar-refractivity contribution in [2.45, 2.75) is 39.2 Å². The molecule has 0 unspecified atom stereocenters. The number of fused-ring (bicyclic) bond motifs is 3. The minimum atomic E-state index is 0.00726. The zero-order valence-corrected chi connectivity index (χ0v) is 17.5. The Bertz CT molecular complexity index is 1010. The van der Waals surface area contributed by atoms with Gasteiger partial charge in [-0.1, -0.05) is 25.1 Å². The van der Waals surface area contributed by atoms with E-state index in [1.54, 1.807) is 11.3 Å². The number of rotatable bonds is 6. The van der Waals surface area contributed by atoms with Crippen LogP contribution in [-0.4, -0.2) is 35.1 Å². The van der Waals surface area contributed by atoms with Gasteiger partial charge in [-0.15, -0.1) is 11.3 Å². The maximum Gasteiger partial charge on any atom is 0.259 e. The molecule has 6 heteroatoms. The van der Waals surface area contributed by atoms with Gasteiger partial charge in [0, 0.05) is 11.4 Å². The summed E-state index contributed by atoms with van der Waals surface area (Å²) in [5, 5.41) is 0.818. The quantitative estimate of drug-likeness (QED) is 0.678. The number of thiophene rings is 1. The molecule has 5 nitrogen and oxygen atoms in total. The van der Waals surface area contributed by atoms with Crippen LogP contribution in [0.3, 0.4) is 0 Å². The summed E-state index contributed by atoms with van der Waals surface area (Å²) < 4.78 is 5.79. The first kappa shape index (κ1) is 19.2. The number of ether oxygens (including phenoxy) is 1. The first-order chi connectivity index (χ1) is 13.5. The molecule has 28 heavy (non-hydrogen) atoms. The lowest BCUT2D eigenvalue weighted by Gasteiger charge is -2.23. The van der Waals surface area contributed by atoms with Crippen molar-refractivity contribution < 1.29 is 4.74 Å². The zero-order chi connectivity index (χ0) is 19.7. The fraction of sp³-hybridized carbons (Fsp3) is 0.455. The van der Waals surface area contributed by atoms with E-state index < -0.39 is 0 Å². The first-order valence-electron chi connectivity index (χ1n) is 9.95. The lowest BCUT2D eigenvalue weighted by atomic mass is 9.89. The van der Waals surface area contributed by atoms with Crippen LogP contribution in [-0.2, 0) is 12.8 Å². The standard InChI is InChI=1S/C22H27N3O2S/c1-14-9-10-17-18(13-14)28-22-19(17)21(26)23-20(24-22)15(2)25(3)11-12-27-16-7-5-4-6-8-16/h4-8,14-15H,9-13H2,1-3H3,(H,23,24,26)/t14-,15+/m1/s1. The van der Waals surface area contributed by atoms with Gasteiger partial charge in [0.15, 0.2) is 0 Å². The van der Waals surface area contributed by atoms with E-state index in [0.29, 0.717) is 12.5 Å². The topological polar surface area (TPSA) is 58.2 Å². The number of hydrogen-bond acceptors (Lipinski definition) is 5. The Morgan fingerprint density at radius 2 is 2.14 bits per heavy atom. The first-order valence-corrected chi connectivity index (χ1v) is 10.8. The largest absolute Gasteiger partial charge is 0.492 e. The fourth-order valence-corrected chi connectivity index (χ4v) is 5.18. The molecule has 2 aromatic heterocycles. The summed E-state index contributed by atoms with van der Waals surface area (Å²) in [6.07, 6.45) is 3.21. The molecule has 3 aromatic rings. The number of likely N-dealkylation sites (N-methyl/N-ethyl adjacent to an activating group) is 1. The van der Waals surface area contributed by atoms with Crippen LogP contribution in [0, 0.1) is 5.92 Å². The molecule has 0 saturated heterocycles. The number of nitrogens with one attached hydrogen (secondary N) is 1. The molecule has 0 fully saturated rings. The summed E-state index contributed by atoms with van der Waals surface area (Å²) in [4.78, 5) is 25.1. The van der Waals surface area contributed by atoms with Crippen molar-refractivity contribution in [3.63, 3.8) is 0 Å². The van der Waals surface area contributed by atoms with Gasteiger partial charge in [-0.3, -0.25) is 9.69 Å². The van der Waals surface area contributed by atoms with Crippen molar-refractivity contribution in [1.29, 1.82) is 0 Å². The predicted molar refractivity (Wildman–Crippen MR) is 114 cm³/mol. The van der Waals surface area contributed by atoms with Gasteiger partial charge >= 0.3 is 0 Å². The number of hydrogen-bond donors (Lipinski definition) is 1. The highest BCUT2D eigenvalue weighted by Gasteiger charge is 2.24. The fourth-order valence-electron chi connectivity index (χ4n) is 3.79. The molecule has 1 aromatic carbocycles. The van der Waals surface area contributed by atoms with E-state index in [1.807, 2.05) is 37.4 Å². The van der Waals surface area contributed by atoms with Crippen LogP contribution in [0.15, 0.2) is 35.1 Å². The average Bonchev–Trinajstić information content (AvgIpc) is 3.05. The Morgan fingerprint density at radius 1 is 1.36 bits per heavy atom. The van der Waals surface area contributed by atoms with Crippen LogP contribution in [0.25, 0.3) is 10.2 Å². The van der Waals surface area contributed by atoms with E-state index >= 15 is 0 Å². The molecule has 0 amide bonds. The highest BCUT2D eigenvalue weighted by atomic mass is 32.1. The van der Waals surface area contributed by atoms with Gasteiger partial charge in [0.05, 0.1) is 11.4 Å². The zero-order valence-electron chi connectivity index (χ0n) is 16.7. The van der Waals surface area contributed by atoms with Gasteiger partial charge in [-0.2, -0.15) is 0 Å². The minimum Gasteiger partial charge on any atom is -0.492 e. The maximum atomic E-state index is 12.8. The lowest BCUT2D eigenvalue weighted by Crippen LogP contribution is -2.29. The molecular formula is C22H27N3O2S. The highest BCUT2D eigenvalue weighted by molar-refractivity contribution is 7.18. The lowest BCUT2D eigenvalue weighted by molar-refractivity contribution is 0.196. The second kappa shape index (κ2) is 8.05. The van der Waals surface area contributed by atoms with Crippen LogP contribution < -0.4 is 10.3 Å². The number of aryl methyl sites for hydroxylation is 1. The van der Waals surface area contributed by atoms with Crippen LogP contribution in [0.4, 0.5) is 0 Å². The molecular weight excluding hydrogens is 370 g/mol.